The number of aryl methyl sites for hydroxylation is 1. The lowest BCUT2D eigenvalue weighted by atomic mass is 9.86. The lowest BCUT2D eigenvalue weighted by Gasteiger charge is -2.16. The molecule has 0 aliphatic rings. The number of pyridine rings is 1. The van der Waals surface area contributed by atoms with Crippen LogP contribution in [-0.2, 0) is 12.5 Å². The summed E-state index contributed by atoms with van der Waals surface area (Å²) in [5, 5.41) is 17.2. The predicted octanol–water partition coefficient (Wildman–Crippen LogP) is 4.07. The molecule has 0 aliphatic heterocycles. The van der Waals surface area contributed by atoms with Crippen LogP contribution >= 0.6 is 0 Å². The largest absolute Gasteiger partial charge is 0.333 e. The Morgan fingerprint density at radius 1 is 1.06 bits per heavy atom. The number of hydrogen-bond acceptors (Lipinski definition) is 4. The van der Waals surface area contributed by atoms with Crippen molar-refractivity contribution in [2.24, 2.45) is 7.05 Å². The van der Waals surface area contributed by atoms with Gasteiger partial charge in [-0.15, -0.1) is 0 Å². The van der Waals surface area contributed by atoms with E-state index in [1.54, 1.807) is 28.6 Å². The highest BCUT2D eigenvalue weighted by Gasteiger charge is 2.21. The van der Waals surface area contributed by atoms with Crippen LogP contribution in [0.5, 0.6) is 0 Å². The topological polar surface area (TPSA) is 92.3 Å². The van der Waals surface area contributed by atoms with Crippen LogP contribution in [0.25, 0.3) is 38.8 Å². The first-order valence-corrected chi connectivity index (χ1v) is 9.92. The Kier molecular flexibility index (Phi) is 4.05. The van der Waals surface area contributed by atoms with Crippen LogP contribution in [0.4, 0.5) is 0 Å². The maximum atomic E-state index is 13.2. The molecule has 5 rings (SSSR count). The second kappa shape index (κ2) is 6.67. The van der Waals surface area contributed by atoms with Gasteiger partial charge in [-0.2, -0.15) is 10.4 Å². The van der Waals surface area contributed by atoms with Crippen LogP contribution in [0, 0.1) is 11.3 Å². The third-order valence-corrected chi connectivity index (χ3v) is 5.84. The molecule has 0 aliphatic carbocycles. The number of benzene rings is 2. The van der Waals surface area contributed by atoms with E-state index >= 15 is 0 Å². The van der Waals surface area contributed by atoms with E-state index < -0.39 is 5.41 Å². The monoisotopic (exact) mass is 408 g/mol. The van der Waals surface area contributed by atoms with Gasteiger partial charge in [0.05, 0.1) is 46.1 Å². The Morgan fingerprint density at radius 2 is 1.84 bits per heavy atom. The molecule has 0 amide bonds. The highest BCUT2D eigenvalue weighted by molar-refractivity contribution is 6.04. The molecule has 3 aromatic heterocycles. The first-order valence-electron chi connectivity index (χ1n) is 9.92. The zero-order chi connectivity index (χ0) is 21.8. The number of imidazole rings is 1. The van der Waals surface area contributed by atoms with Crippen molar-refractivity contribution in [1.82, 2.24) is 24.3 Å². The number of aromatic amines is 1. The predicted molar refractivity (Wildman–Crippen MR) is 120 cm³/mol. The van der Waals surface area contributed by atoms with E-state index in [0.29, 0.717) is 0 Å². The molecule has 0 radical (unpaired) electrons. The number of aromatic nitrogens is 5. The molecule has 2 aromatic carbocycles. The van der Waals surface area contributed by atoms with E-state index in [1.165, 1.54) is 0 Å². The first kappa shape index (κ1) is 18.8. The number of nitrogens with one attached hydrogen (secondary N) is 1. The lowest BCUT2D eigenvalue weighted by molar-refractivity contribution is 0.686. The van der Waals surface area contributed by atoms with Gasteiger partial charge in [0.2, 0.25) is 0 Å². The Hall–Kier alpha value is -4.18. The second-order valence-corrected chi connectivity index (χ2v) is 8.17. The van der Waals surface area contributed by atoms with Crippen molar-refractivity contribution in [2.45, 2.75) is 19.3 Å². The van der Waals surface area contributed by atoms with Crippen molar-refractivity contribution in [3.8, 4) is 22.9 Å². The molecular formula is C24H20N6O. The fraction of sp³-hybridized carbons (Fsp3) is 0.167. The molecule has 7 heteroatoms. The highest BCUT2D eigenvalue weighted by atomic mass is 16.1. The summed E-state index contributed by atoms with van der Waals surface area (Å²) in [5.74, 6) is 0. The maximum absolute atomic E-state index is 13.2. The van der Waals surface area contributed by atoms with Gasteiger partial charge in [-0.3, -0.25) is 19.2 Å². The minimum atomic E-state index is -0.599. The minimum Gasteiger partial charge on any atom is -0.293 e. The Morgan fingerprint density at radius 3 is 2.52 bits per heavy atom. The summed E-state index contributed by atoms with van der Waals surface area (Å²) in [4.78, 5) is 17.8. The summed E-state index contributed by atoms with van der Waals surface area (Å²) in [5.41, 5.74) is 5.22. The van der Waals surface area contributed by atoms with Gasteiger partial charge in [0.25, 0.3) is 0 Å². The summed E-state index contributed by atoms with van der Waals surface area (Å²) in [6, 6.07) is 15.9. The van der Waals surface area contributed by atoms with Crippen LogP contribution in [0.1, 0.15) is 19.4 Å². The van der Waals surface area contributed by atoms with E-state index in [1.807, 2.05) is 62.5 Å². The second-order valence-electron chi connectivity index (χ2n) is 8.17. The van der Waals surface area contributed by atoms with Crippen molar-refractivity contribution in [3.05, 3.63) is 77.1 Å². The Balaban J connectivity index is 1.80. The van der Waals surface area contributed by atoms with Gasteiger partial charge in [0.15, 0.2) is 0 Å². The fourth-order valence-corrected chi connectivity index (χ4v) is 3.92. The molecule has 31 heavy (non-hydrogen) atoms. The van der Waals surface area contributed by atoms with Gasteiger partial charge in [-0.1, -0.05) is 18.2 Å². The van der Waals surface area contributed by atoms with E-state index in [9.17, 15) is 10.1 Å². The van der Waals surface area contributed by atoms with E-state index in [0.717, 1.165) is 44.3 Å². The molecule has 1 N–H and O–H groups in total. The molecule has 0 atom stereocenters. The molecule has 0 saturated carbocycles. The molecule has 0 unspecified atom stereocenters. The van der Waals surface area contributed by atoms with E-state index in [4.69, 9.17) is 0 Å². The molecule has 0 saturated heterocycles. The van der Waals surface area contributed by atoms with Gasteiger partial charge in [-0.25, -0.2) is 4.79 Å². The molecule has 5 aromatic rings. The minimum absolute atomic E-state index is 0.148. The summed E-state index contributed by atoms with van der Waals surface area (Å²) < 4.78 is 3.32. The zero-order valence-corrected chi connectivity index (χ0v) is 17.4. The van der Waals surface area contributed by atoms with Crippen molar-refractivity contribution in [2.75, 3.05) is 0 Å². The van der Waals surface area contributed by atoms with Crippen molar-refractivity contribution in [3.63, 3.8) is 0 Å². The molecule has 7 nitrogen and oxygen atoms in total. The molecule has 0 spiro atoms. The average Bonchev–Trinajstić information content (AvgIpc) is 3.41. The van der Waals surface area contributed by atoms with Crippen LogP contribution in [0.3, 0.4) is 0 Å². The molecule has 3 heterocycles. The summed E-state index contributed by atoms with van der Waals surface area (Å²) in [6.45, 7) is 3.76. The van der Waals surface area contributed by atoms with Crippen molar-refractivity contribution < 1.29 is 0 Å². The van der Waals surface area contributed by atoms with Crippen molar-refractivity contribution in [1.29, 1.82) is 5.26 Å². The first-order chi connectivity index (χ1) is 14.9. The third-order valence-electron chi connectivity index (χ3n) is 5.84. The van der Waals surface area contributed by atoms with Gasteiger partial charge >= 0.3 is 5.69 Å². The number of fused-ring (bicyclic) bond motifs is 3. The zero-order valence-electron chi connectivity index (χ0n) is 17.4. The maximum Gasteiger partial charge on any atom is 0.333 e. The van der Waals surface area contributed by atoms with Crippen LogP contribution < -0.4 is 5.69 Å². The Bertz CT molecular complexity index is 1530. The smallest absolute Gasteiger partial charge is 0.293 e. The highest BCUT2D eigenvalue weighted by Crippen LogP contribution is 2.30. The van der Waals surface area contributed by atoms with Gasteiger partial charge in [-0.05, 0) is 49.2 Å². The van der Waals surface area contributed by atoms with Crippen molar-refractivity contribution >= 4 is 21.9 Å². The molecule has 0 bridgehead atoms. The molecule has 152 valence electrons. The number of H-pyrrole nitrogens is 1. The quantitative estimate of drug-likeness (QED) is 0.487. The van der Waals surface area contributed by atoms with E-state index in [-0.39, 0.29) is 5.69 Å². The Labute approximate surface area is 178 Å². The third kappa shape index (κ3) is 2.84. The lowest BCUT2D eigenvalue weighted by Crippen LogP contribution is -2.21. The van der Waals surface area contributed by atoms with Crippen LogP contribution in [-0.4, -0.2) is 24.3 Å². The summed E-state index contributed by atoms with van der Waals surface area (Å²) >= 11 is 0. The van der Waals surface area contributed by atoms with Crippen LogP contribution in [0.2, 0.25) is 0 Å². The summed E-state index contributed by atoms with van der Waals surface area (Å²) in [7, 11) is 1.75. The fourth-order valence-electron chi connectivity index (χ4n) is 3.92. The van der Waals surface area contributed by atoms with Crippen LogP contribution in [0.15, 0.2) is 65.8 Å². The number of nitriles is 1. The normalized spacial score (nSPS) is 11.8. The summed E-state index contributed by atoms with van der Waals surface area (Å²) in [6.07, 6.45) is 5.34. The SMILES string of the molecule is Cn1c(=O)n(-c2ccc(C(C)(C)C#N)cc2)c2c3cc(-c4cn[nH]c4)ccc3ncc21. The molecular weight excluding hydrogens is 388 g/mol. The van der Waals surface area contributed by atoms with E-state index in [2.05, 4.69) is 21.3 Å². The molecule has 0 fully saturated rings. The average molecular weight is 408 g/mol. The number of rotatable bonds is 3. The standard InChI is InChI=1S/C24H20N6O/c1-24(2,14-25)17-5-7-18(8-6-17)30-22-19-10-15(16-11-27-28-12-16)4-9-20(19)26-13-21(22)29(3)23(30)31/h4-13H,1-3H3,(H,27,28). The number of nitrogens with zero attached hydrogens (tertiary/aromatic N) is 5. The number of hydrogen-bond donors (Lipinski definition) is 1. The van der Waals surface area contributed by atoms with Gasteiger partial charge in [0.1, 0.15) is 0 Å². The van der Waals surface area contributed by atoms with Gasteiger partial charge in [0, 0.05) is 24.2 Å². The van der Waals surface area contributed by atoms with Gasteiger partial charge < -0.3 is 0 Å².